The number of carbonyl (C=O) groups is 1. The van der Waals surface area contributed by atoms with E-state index >= 15 is 0 Å². The van der Waals surface area contributed by atoms with Gasteiger partial charge in [-0.2, -0.15) is 4.31 Å². The molecule has 1 atom stereocenters. The second-order valence-electron chi connectivity index (χ2n) is 7.67. The van der Waals surface area contributed by atoms with Crippen molar-refractivity contribution in [3.05, 3.63) is 58.6 Å². The second kappa shape index (κ2) is 10.5. The molecule has 8 heteroatoms. The highest BCUT2D eigenvalue weighted by molar-refractivity contribution is 7.89. The summed E-state index contributed by atoms with van der Waals surface area (Å²) in [5, 5.41) is 3.12. The minimum Gasteiger partial charge on any atom is -0.497 e. The van der Waals surface area contributed by atoms with Gasteiger partial charge in [0.1, 0.15) is 10.6 Å². The molecule has 6 nitrogen and oxygen atoms in total. The summed E-state index contributed by atoms with van der Waals surface area (Å²) in [4.78, 5) is 12.9. The summed E-state index contributed by atoms with van der Waals surface area (Å²) in [7, 11) is -2.16. The van der Waals surface area contributed by atoms with Gasteiger partial charge in [-0.25, -0.2) is 8.42 Å². The number of halogens is 1. The maximum absolute atomic E-state index is 13.2. The van der Waals surface area contributed by atoms with Gasteiger partial charge in [0, 0.05) is 18.7 Å². The zero-order valence-corrected chi connectivity index (χ0v) is 19.5. The molecule has 1 N–H and O–H groups in total. The number of benzene rings is 2. The van der Waals surface area contributed by atoms with Gasteiger partial charge in [-0.3, -0.25) is 4.79 Å². The van der Waals surface area contributed by atoms with Gasteiger partial charge in [0.05, 0.1) is 18.2 Å². The fourth-order valence-electron chi connectivity index (χ4n) is 3.76. The van der Waals surface area contributed by atoms with Gasteiger partial charge in [0.25, 0.3) is 5.91 Å². The van der Waals surface area contributed by atoms with E-state index in [2.05, 4.69) is 5.32 Å². The minimum absolute atomic E-state index is 0.0128. The Hall–Kier alpha value is -2.09. The minimum atomic E-state index is -3.76. The normalized spacial score (nSPS) is 16.4. The third-order valence-electron chi connectivity index (χ3n) is 5.61. The number of nitrogens with zero attached hydrogens (tertiary/aromatic N) is 1. The Morgan fingerprint density at radius 2 is 1.74 bits per heavy atom. The van der Waals surface area contributed by atoms with Crippen LogP contribution >= 0.6 is 11.6 Å². The van der Waals surface area contributed by atoms with Crippen LogP contribution in [-0.2, 0) is 10.0 Å². The maximum atomic E-state index is 13.2. The Balaban J connectivity index is 1.83. The van der Waals surface area contributed by atoms with Crippen LogP contribution in [0.1, 0.15) is 61.0 Å². The predicted molar refractivity (Wildman–Crippen MR) is 122 cm³/mol. The van der Waals surface area contributed by atoms with E-state index in [9.17, 15) is 13.2 Å². The number of rotatable bonds is 7. The molecule has 0 spiro atoms. The summed E-state index contributed by atoms with van der Waals surface area (Å²) in [6.07, 6.45) is 4.39. The van der Waals surface area contributed by atoms with Gasteiger partial charge in [-0.15, -0.1) is 0 Å². The van der Waals surface area contributed by atoms with Crippen LogP contribution in [-0.4, -0.2) is 38.8 Å². The SMILES string of the molecule is CCC(NC(=O)c1ccc(Cl)c(S(=O)(=O)N2CCCCCC2)c1)c1ccc(OC)cc1. The molecular weight excluding hydrogens is 436 g/mol. The third kappa shape index (κ3) is 5.59. The van der Waals surface area contributed by atoms with Gasteiger partial charge in [-0.1, -0.05) is 43.5 Å². The van der Waals surface area contributed by atoms with Crippen LogP contribution in [0, 0.1) is 0 Å². The molecule has 2 aromatic carbocycles. The lowest BCUT2D eigenvalue weighted by molar-refractivity contribution is 0.0935. The van der Waals surface area contributed by atoms with Crippen LogP contribution in [0.25, 0.3) is 0 Å². The molecule has 1 fully saturated rings. The van der Waals surface area contributed by atoms with Gasteiger partial charge >= 0.3 is 0 Å². The lowest BCUT2D eigenvalue weighted by atomic mass is 10.0. The highest BCUT2D eigenvalue weighted by atomic mass is 35.5. The molecule has 1 unspecified atom stereocenters. The van der Waals surface area contributed by atoms with E-state index in [0.717, 1.165) is 37.0 Å². The van der Waals surface area contributed by atoms with Crippen LogP contribution in [0.3, 0.4) is 0 Å². The highest BCUT2D eigenvalue weighted by Gasteiger charge is 2.28. The zero-order valence-electron chi connectivity index (χ0n) is 17.9. The number of hydrogen-bond acceptors (Lipinski definition) is 4. The molecule has 0 bridgehead atoms. The number of methoxy groups -OCH3 is 1. The van der Waals surface area contributed by atoms with Crippen LogP contribution in [0.5, 0.6) is 5.75 Å². The lowest BCUT2D eigenvalue weighted by Gasteiger charge is -2.21. The molecule has 0 aliphatic carbocycles. The molecule has 1 saturated heterocycles. The van der Waals surface area contributed by atoms with Crippen molar-refractivity contribution in [1.29, 1.82) is 0 Å². The molecule has 2 aromatic rings. The zero-order chi connectivity index (χ0) is 22.4. The lowest BCUT2D eigenvalue weighted by Crippen LogP contribution is -2.32. The Bertz CT molecular complexity index is 1000. The summed E-state index contributed by atoms with van der Waals surface area (Å²) in [5.74, 6) is 0.401. The van der Waals surface area contributed by atoms with Gasteiger partial charge < -0.3 is 10.1 Å². The summed E-state index contributed by atoms with van der Waals surface area (Å²) in [6.45, 7) is 2.93. The number of nitrogens with one attached hydrogen (secondary N) is 1. The number of ether oxygens (including phenoxy) is 1. The van der Waals surface area contributed by atoms with Crippen molar-refractivity contribution in [2.45, 2.75) is 50.0 Å². The van der Waals surface area contributed by atoms with Crippen molar-refractivity contribution < 1.29 is 17.9 Å². The Labute approximate surface area is 189 Å². The van der Waals surface area contributed by atoms with E-state index < -0.39 is 10.0 Å². The fourth-order valence-corrected chi connectivity index (χ4v) is 5.78. The molecular formula is C23H29ClN2O4S. The highest BCUT2D eigenvalue weighted by Crippen LogP contribution is 2.28. The Kier molecular flexibility index (Phi) is 7.97. The summed E-state index contributed by atoms with van der Waals surface area (Å²) in [5.41, 5.74) is 1.22. The standard InChI is InChI=1S/C23H29ClN2O4S/c1-3-21(17-8-11-19(30-2)12-9-17)25-23(27)18-10-13-20(24)22(16-18)31(28,29)26-14-6-4-5-7-15-26/h8-13,16,21H,3-7,14-15H2,1-2H3,(H,25,27). The number of amides is 1. The molecule has 31 heavy (non-hydrogen) atoms. The first-order valence-electron chi connectivity index (χ1n) is 10.6. The predicted octanol–water partition coefficient (Wildman–Crippen LogP) is 4.79. The topological polar surface area (TPSA) is 75.7 Å². The van der Waals surface area contributed by atoms with Crippen LogP contribution in [0.15, 0.2) is 47.4 Å². The molecule has 0 radical (unpaired) electrons. The first kappa shape index (κ1) is 23.6. The van der Waals surface area contributed by atoms with Crippen molar-refractivity contribution in [2.24, 2.45) is 0 Å². The number of carbonyl (C=O) groups excluding carboxylic acids is 1. The molecule has 168 valence electrons. The van der Waals surface area contributed by atoms with E-state index in [0.29, 0.717) is 19.5 Å². The van der Waals surface area contributed by atoms with Gasteiger partial charge in [0.15, 0.2) is 0 Å². The van der Waals surface area contributed by atoms with Crippen molar-refractivity contribution in [2.75, 3.05) is 20.2 Å². The van der Waals surface area contributed by atoms with Crippen LogP contribution < -0.4 is 10.1 Å². The van der Waals surface area contributed by atoms with Crippen molar-refractivity contribution >= 4 is 27.5 Å². The number of hydrogen-bond donors (Lipinski definition) is 1. The maximum Gasteiger partial charge on any atom is 0.251 e. The van der Waals surface area contributed by atoms with Gasteiger partial charge in [0.2, 0.25) is 10.0 Å². The van der Waals surface area contributed by atoms with Crippen LogP contribution in [0.4, 0.5) is 0 Å². The average Bonchev–Trinajstić information content (AvgIpc) is 3.08. The smallest absolute Gasteiger partial charge is 0.251 e. The summed E-state index contributed by atoms with van der Waals surface area (Å²) < 4.78 is 33.1. The van der Waals surface area contributed by atoms with Crippen LogP contribution in [0.2, 0.25) is 5.02 Å². The molecule has 0 aromatic heterocycles. The van der Waals surface area contributed by atoms with Crippen molar-refractivity contribution in [3.63, 3.8) is 0 Å². The Morgan fingerprint density at radius 3 is 2.32 bits per heavy atom. The van der Waals surface area contributed by atoms with E-state index in [1.54, 1.807) is 13.2 Å². The van der Waals surface area contributed by atoms with E-state index in [-0.39, 0.29) is 27.4 Å². The largest absolute Gasteiger partial charge is 0.497 e. The quantitative estimate of drug-likeness (QED) is 0.638. The Morgan fingerprint density at radius 1 is 1.10 bits per heavy atom. The number of sulfonamides is 1. The first-order valence-corrected chi connectivity index (χ1v) is 12.4. The summed E-state index contributed by atoms with van der Waals surface area (Å²) >= 11 is 6.25. The fraction of sp³-hybridized carbons (Fsp3) is 0.435. The van der Waals surface area contributed by atoms with E-state index in [4.69, 9.17) is 16.3 Å². The molecule has 1 heterocycles. The van der Waals surface area contributed by atoms with E-state index in [1.807, 2.05) is 31.2 Å². The molecule has 0 saturated carbocycles. The molecule has 1 aliphatic rings. The second-order valence-corrected chi connectivity index (χ2v) is 9.98. The van der Waals surface area contributed by atoms with E-state index in [1.165, 1.54) is 16.4 Å². The monoisotopic (exact) mass is 464 g/mol. The summed E-state index contributed by atoms with van der Waals surface area (Å²) in [6, 6.07) is 11.7. The molecule has 3 rings (SSSR count). The van der Waals surface area contributed by atoms with Gasteiger partial charge in [-0.05, 0) is 55.2 Å². The van der Waals surface area contributed by atoms with Crippen molar-refractivity contribution in [1.82, 2.24) is 9.62 Å². The molecule has 1 aliphatic heterocycles. The molecule has 1 amide bonds. The first-order chi connectivity index (χ1) is 14.9. The third-order valence-corrected chi connectivity index (χ3v) is 7.99. The average molecular weight is 465 g/mol. The van der Waals surface area contributed by atoms with Crippen molar-refractivity contribution in [3.8, 4) is 5.75 Å².